The minimum atomic E-state index is -3.30. The second kappa shape index (κ2) is 5.89. The van der Waals surface area contributed by atoms with Crippen molar-refractivity contribution in [2.45, 2.75) is 13.3 Å². The Kier molecular flexibility index (Phi) is 5.08. The molecule has 0 amide bonds. The molecule has 0 radical (unpaired) electrons. The van der Waals surface area contributed by atoms with E-state index < -0.39 is 10.0 Å². The molecule has 3 nitrogen and oxygen atoms in total. The molecule has 0 aliphatic heterocycles. The Labute approximate surface area is 109 Å². The van der Waals surface area contributed by atoms with Crippen LogP contribution in [0.4, 0.5) is 5.69 Å². The van der Waals surface area contributed by atoms with Crippen LogP contribution in [-0.4, -0.2) is 20.1 Å². The van der Waals surface area contributed by atoms with Gasteiger partial charge in [0.2, 0.25) is 10.0 Å². The molecule has 6 heteroatoms. The Morgan fingerprint density at radius 1 is 1.44 bits per heavy atom. The minimum Gasteiger partial charge on any atom is -0.282 e. The number of anilines is 1. The highest BCUT2D eigenvalue weighted by Gasteiger charge is 2.11. The summed E-state index contributed by atoms with van der Waals surface area (Å²) in [4.78, 5) is 0. The first-order valence-electron chi connectivity index (χ1n) is 4.77. The second-order valence-corrected chi connectivity index (χ2v) is 6.52. The van der Waals surface area contributed by atoms with Gasteiger partial charge in [-0.15, -0.1) is 11.6 Å². The van der Waals surface area contributed by atoms with E-state index in [1.54, 1.807) is 6.07 Å². The van der Waals surface area contributed by atoms with Gasteiger partial charge in [-0.2, -0.15) is 0 Å². The number of sulfonamides is 1. The lowest BCUT2D eigenvalue weighted by atomic mass is 10.2. The average molecular weight is 327 g/mol. The highest BCUT2D eigenvalue weighted by molar-refractivity contribution is 9.10. The van der Waals surface area contributed by atoms with Gasteiger partial charge in [-0.3, -0.25) is 4.72 Å². The summed E-state index contributed by atoms with van der Waals surface area (Å²) in [5, 5.41) is 0. The predicted molar refractivity (Wildman–Crippen MR) is 71.6 cm³/mol. The molecule has 90 valence electrons. The highest BCUT2D eigenvalue weighted by atomic mass is 79.9. The maximum Gasteiger partial charge on any atom is 0.232 e. The molecule has 0 spiro atoms. The number of alkyl halides is 1. The Morgan fingerprint density at radius 2 is 2.12 bits per heavy atom. The molecule has 0 saturated heterocycles. The highest BCUT2D eigenvalue weighted by Crippen LogP contribution is 2.24. The van der Waals surface area contributed by atoms with Gasteiger partial charge in [0.15, 0.2) is 0 Å². The van der Waals surface area contributed by atoms with E-state index in [0.717, 1.165) is 10.0 Å². The van der Waals surface area contributed by atoms with Gasteiger partial charge in [-0.05, 0) is 47.0 Å². The fourth-order valence-electron chi connectivity index (χ4n) is 1.18. The van der Waals surface area contributed by atoms with Crippen LogP contribution in [0, 0.1) is 6.92 Å². The summed E-state index contributed by atoms with van der Waals surface area (Å²) in [5.41, 5.74) is 1.56. The summed E-state index contributed by atoms with van der Waals surface area (Å²) in [5.74, 6) is 0.382. The molecule has 1 N–H and O–H groups in total. The molecular formula is C10H13BrClNO2S. The number of halogens is 2. The van der Waals surface area contributed by atoms with E-state index in [-0.39, 0.29) is 5.75 Å². The second-order valence-electron chi connectivity index (χ2n) is 3.45. The number of benzene rings is 1. The molecule has 0 aromatic heterocycles. The smallest absolute Gasteiger partial charge is 0.232 e. The normalized spacial score (nSPS) is 11.4. The van der Waals surface area contributed by atoms with Crippen molar-refractivity contribution in [3.05, 3.63) is 28.2 Å². The number of hydrogen-bond donors (Lipinski definition) is 1. The zero-order valence-electron chi connectivity index (χ0n) is 8.83. The van der Waals surface area contributed by atoms with Crippen LogP contribution >= 0.6 is 27.5 Å². The van der Waals surface area contributed by atoms with E-state index in [4.69, 9.17) is 11.6 Å². The van der Waals surface area contributed by atoms with Crippen LogP contribution in [0.5, 0.6) is 0 Å². The zero-order chi connectivity index (χ0) is 12.2. The van der Waals surface area contributed by atoms with E-state index in [1.807, 2.05) is 19.1 Å². The van der Waals surface area contributed by atoms with Crippen molar-refractivity contribution in [1.82, 2.24) is 0 Å². The maximum absolute atomic E-state index is 11.6. The Balaban J connectivity index is 2.83. The molecule has 1 aromatic carbocycles. The van der Waals surface area contributed by atoms with Crippen LogP contribution in [0.3, 0.4) is 0 Å². The van der Waals surface area contributed by atoms with Gasteiger partial charge in [-0.1, -0.05) is 6.07 Å². The van der Waals surface area contributed by atoms with Gasteiger partial charge < -0.3 is 0 Å². The van der Waals surface area contributed by atoms with Crippen molar-refractivity contribution < 1.29 is 8.42 Å². The van der Waals surface area contributed by atoms with Crippen LogP contribution in [0.2, 0.25) is 0 Å². The SMILES string of the molecule is Cc1ccc(Br)c(NS(=O)(=O)CCCCl)c1. The molecule has 1 aromatic rings. The Bertz CT molecular complexity index is 462. The summed E-state index contributed by atoms with van der Waals surface area (Å²) < 4.78 is 26.5. The monoisotopic (exact) mass is 325 g/mol. The van der Waals surface area contributed by atoms with Crippen LogP contribution < -0.4 is 4.72 Å². The molecule has 0 heterocycles. The molecule has 16 heavy (non-hydrogen) atoms. The van der Waals surface area contributed by atoms with E-state index in [1.165, 1.54) is 0 Å². The predicted octanol–water partition coefficient (Wildman–Crippen LogP) is 3.13. The summed E-state index contributed by atoms with van der Waals surface area (Å²) in [6.45, 7) is 1.91. The molecule has 0 aliphatic rings. The lowest BCUT2D eigenvalue weighted by Crippen LogP contribution is -2.17. The topological polar surface area (TPSA) is 46.2 Å². The van der Waals surface area contributed by atoms with E-state index in [9.17, 15) is 8.42 Å². The van der Waals surface area contributed by atoms with Crippen LogP contribution in [0.25, 0.3) is 0 Å². The first-order valence-corrected chi connectivity index (χ1v) is 7.75. The number of aryl methyl sites for hydroxylation is 1. The van der Waals surface area contributed by atoms with E-state index in [0.29, 0.717) is 18.0 Å². The molecular weight excluding hydrogens is 314 g/mol. The number of hydrogen-bond acceptors (Lipinski definition) is 2. The first-order chi connectivity index (χ1) is 7.44. The third-order valence-electron chi connectivity index (χ3n) is 1.93. The Hall–Kier alpha value is -0.260. The fourth-order valence-corrected chi connectivity index (χ4v) is 3.08. The van der Waals surface area contributed by atoms with Gasteiger partial charge in [0.05, 0.1) is 11.4 Å². The molecule has 0 unspecified atom stereocenters. The minimum absolute atomic E-state index is 0.0386. The van der Waals surface area contributed by atoms with Crippen LogP contribution in [0.1, 0.15) is 12.0 Å². The number of nitrogens with one attached hydrogen (secondary N) is 1. The van der Waals surface area contributed by atoms with E-state index in [2.05, 4.69) is 20.7 Å². The van der Waals surface area contributed by atoms with Gasteiger partial charge in [0.25, 0.3) is 0 Å². The van der Waals surface area contributed by atoms with Gasteiger partial charge in [0.1, 0.15) is 0 Å². The van der Waals surface area contributed by atoms with Crippen LogP contribution in [0.15, 0.2) is 22.7 Å². The lowest BCUT2D eigenvalue weighted by Gasteiger charge is -2.09. The molecule has 0 bridgehead atoms. The maximum atomic E-state index is 11.6. The number of rotatable bonds is 5. The van der Waals surface area contributed by atoms with Crippen molar-refractivity contribution in [1.29, 1.82) is 0 Å². The quantitative estimate of drug-likeness (QED) is 0.845. The molecule has 1 rings (SSSR count). The fraction of sp³-hybridized carbons (Fsp3) is 0.400. The van der Waals surface area contributed by atoms with Crippen molar-refractivity contribution in [3.8, 4) is 0 Å². The average Bonchev–Trinajstić information content (AvgIpc) is 2.20. The third-order valence-corrected chi connectivity index (χ3v) is 4.25. The van der Waals surface area contributed by atoms with Crippen molar-refractivity contribution in [2.24, 2.45) is 0 Å². The molecule has 0 aliphatic carbocycles. The van der Waals surface area contributed by atoms with E-state index >= 15 is 0 Å². The van der Waals surface area contributed by atoms with Crippen LogP contribution in [-0.2, 0) is 10.0 Å². The first kappa shape index (κ1) is 13.8. The molecule has 0 saturated carbocycles. The third kappa shape index (κ3) is 4.31. The van der Waals surface area contributed by atoms with Gasteiger partial charge >= 0.3 is 0 Å². The van der Waals surface area contributed by atoms with Gasteiger partial charge in [0, 0.05) is 10.4 Å². The lowest BCUT2D eigenvalue weighted by molar-refractivity contribution is 0.600. The summed E-state index contributed by atoms with van der Waals surface area (Å²) in [6, 6.07) is 5.50. The Morgan fingerprint density at radius 3 is 2.75 bits per heavy atom. The summed E-state index contributed by atoms with van der Waals surface area (Å²) >= 11 is 8.76. The largest absolute Gasteiger partial charge is 0.282 e. The van der Waals surface area contributed by atoms with Gasteiger partial charge in [-0.25, -0.2) is 8.42 Å². The van der Waals surface area contributed by atoms with Crippen molar-refractivity contribution in [3.63, 3.8) is 0 Å². The standard InChI is InChI=1S/C10H13BrClNO2S/c1-8-3-4-9(11)10(7-8)13-16(14,15)6-2-5-12/h3-4,7,13H,2,5-6H2,1H3. The summed E-state index contributed by atoms with van der Waals surface area (Å²) in [7, 11) is -3.30. The zero-order valence-corrected chi connectivity index (χ0v) is 12.0. The van der Waals surface area contributed by atoms with Crippen molar-refractivity contribution in [2.75, 3.05) is 16.4 Å². The van der Waals surface area contributed by atoms with Crippen molar-refractivity contribution >= 4 is 43.2 Å². The molecule has 0 fully saturated rings. The molecule has 0 atom stereocenters. The summed E-state index contributed by atoms with van der Waals surface area (Å²) in [6.07, 6.45) is 0.445.